The first-order valence-electron chi connectivity index (χ1n) is 4.27. The Morgan fingerprint density at radius 3 is 2.31 bits per heavy atom. The number of aliphatic hydroxyl groups is 1. The van der Waals surface area contributed by atoms with Crippen LogP contribution >= 0.6 is 15.9 Å². The van der Waals surface area contributed by atoms with E-state index in [9.17, 15) is 9.90 Å². The molecule has 5 nitrogen and oxygen atoms in total. The van der Waals surface area contributed by atoms with Crippen molar-refractivity contribution in [3.8, 4) is 0 Å². The van der Waals surface area contributed by atoms with Crippen molar-refractivity contribution in [3.63, 3.8) is 0 Å². The van der Waals surface area contributed by atoms with Gasteiger partial charge in [-0.25, -0.2) is 4.79 Å². The highest BCUT2D eigenvalue weighted by Gasteiger charge is 2.04. The van der Waals surface area contributed by atoms with Gasteiger partial charge in [-0.05, 0) is 40.2 Å². The summed E-state index contributed by atoms with van der Waals surface area (Å²) in [7, 11) is 1.33. The van der Waals surface area contributed by atoms with Crippen LogP contribution < -0.4 is 5.32 Å². The highest BCUT2D eigenvalue weighted by molar-refractivity contribution is 9.11. The lowest BCUT2D eigenvalue weighted by atomic mass is 10.2. The molecule has 0 aromatic heterocycles. The maximum absolute atomic E-state index is 10.6. The van der Waals surface area contributed by atoms with Crippen molar-refractivity contribution in [1.82, 2.24) is 0 Å². The molecule has 0 fully saturated rings. The number of rotatable bonds is 4. The molecule has 86 valence electrons. The second-order valence-electron chi connectivity index (χ2n) is 2.83. The first kappa shape index (κ1) is 12.4. The quantitative estimate of drug-likeness (QED) is 0.586. The van der Waals surface area contributed by atoms with Crippen LogP contribution in [0.5, 0.6) is 0 Å². The van der Waals surface area contributed by atoms with Crippen LogP contribution in [0.4, 0.5) is 5.69 Å². The van der Waals surface area contributed by atoms with E-state index in [1.54, 1.807) is 12.1 Å². The minimum atomic E-state index is -0.985. The SMILES string of the molecule is CO/C(O)=C(\Br)Nc1ccc(C(=O)O)cc1. The van der Waals surface area contributed by atoms with E-state index < -0.39 is 5.97 Å². The van der Waals surface area contributed by atoms with Crippen LogP contribution in [0, 0.1) is 0 Å². The molecule has 0 heterocycles. The molecule has 1 aromatic carbocycles. The molecule has 0 bridgehead atoms. The Labute approximate surface area is 100 Å². The maximum atomic E-state index is 10.6. The van der Waals surface area contributed by atoms with Gasteiger partial charge >= 0.3 is 11.9 Å². The molecule has 1 aromatic rings. The predicted molar refractivity (Wildman–Crippen MR) is 62.6 cm³/mol. The number of hydrogen-bond acceptors (Lipinski definition) is 4. The van der Waals surface area contributed by atoms with Gasteiger partial charge in [0.2, 0.25) is 0 Å². The Morgan fingerprint density at radius 2 is 1.88 bits per heavy atom. The summed E-state index contributed by atoms with van der Waals surface area (Å²) >= 11 is 3.06. The van der Waals surface area contributed by atoms with Gasteiger partial charge in [0.25, 0.3) is 0 Å². The van der Waals surface area contributed by atoms with Gasteiger partial charge in [0, 0.05) is 5.69 Å². The molecule has 0 atom stereocenters. The van der Waals surface area contributed by atoms with E-state index in [4.69, 9.17) is 5.11 Å². The largest absolute Gasteiger partial charge is 0.479 e. The minimum Gasteiger partial charge on any atom is -0.479 e. The molecule has 0 aliphatic heterocycles. The standard InChI is InChI=1S/C10H10BrNO4/c1-16-10(15)8(11)12-7-4-2-6(3-5-7)9(13)14/h2-5,12,15H,1H3,(H,13,14)/b10-8+. The van der Waals surface area contributed by atoms with Gasteiger partial charge in [0.05, 0.1) is 12.7 Å². The summed E-state index contributed by atoms with van der Waals surface area (Å²) in [4.78, 5) is 10.6. The molecule has 0 unspecified atom stereocenters. The number of aliphatic hydroxyl groups excluding tert-OH is 1. The summed E-state index contributed by atoms with van der Waals surface area (Å²) in [5.74, 6) is -1.27. The number of carboxylic acids is 1. The monoisotopic (exact) mass is 287 g/mol. The first-order valence-corrected chi connectivity index (χ1v) is 5.07. The molecule has 0 aliphatic rings. The second-order valence-corrected chi connectivity index (χ2v) is 3.62. The fourth-order valence-corrected chi connectivity index (χ4v) is 1.36. The van der Waals surface area contributed by atoms with Gasteiger partial charge in [0.15, 0.2) is 4.61 Å². The zero-order valence-electron chi connectivity index (χ0n) is 8.40. The number of hydrogen-bond donors (Lipinski definition) is 3. The summed E-state index contributed by atoms with van der Waals surface area (Å²) < 4.78 is 4.84. The third kappa shape index (κ3) is 3.16. The van der Waals surface area contributed by atoms with E-state index >= 15 is 0 Å². The minimum absolute atomic E-state index is 0.196. The van der Waals surface area contributed by atoms with Gasteiger partial charge in [-0.1, -0.05) is 0 Å². The molecule has 6 heteroatoms. The summed E-state index contributed by atoms with van der Waals surface area (Å²) in [6.07, 6.45) is 0. The van der Waals surface area contributed by atoms with Crippen LogP contribution in [0.3, 0.4) is 0 Å². The molecule has 0 radical (unpaired) electrons. The average molecular weight is 288 g/mol. The molecular weight excluding hydrogens is 278 g/mol. The number of halogens is 1. The lowest BCUT2D eigenvalue weighted by Gasteiger charge is -2.06. The van der Waals surface area contributed by atoms with Crippen molar-refractivity contribution in [1.29, 1.82) is 0 Å². The zero-order chi connectivity index (χ0) is 12.1. The van der Waals surface area contributed by atoms with E-state index in [1.807, 2.05) is 0 Å². The predicted octanol–water partition coefficient (Wildman–Crippen LogP) is 2.52. The Kier molecular flexibility index (Phi) is 4.19. The fourth-order valence-electron chi connectivity index (χ4n) is 0.966. The molecular formula is C10H10BrNO4. The number of aromatic carboxylic acids is 1. The number of methoxy groups -OCH3 is 1. The van der Waals surface area contributed by atoms with Gasteiger partial charge in [-0.15, -0.1) is 0 Å². The summed E-state index contributed by atoms with van der Waals surface area (Å²) in [5, 5.41) is 20.7. The molecule has 0 aliphatic carbocycles. The van der Waals surface area contributed by atoms with Crippen LogP contribution in [0.15, 0.2) is 34.8 Å². The van der Waals surface area contributed by atoms with Crippen LogP contribution in [-0.2, 0) is 4.74 Å². The first-order chi connectivity index (χ1) is 7.54. The van der Waals surface area contributed by atoms with Crippen LogP contribution in [-0.4, -0.2) is 23.3 Å². The summed E-state index contributed by atoms with van der Waals surface area (Å²) in [5.41, 5.74) is 0.821. The van der Waals surface area contributed by atoms with Crippen molar-refractivity contribution < 1.29 is 19.7 Å². The molecule has 3 N–H and O–H groups in total. The van der Waals surface area contributed by atoms with Crippen molar-refractivity contribution in [2.75, 3.05) is 12.4 Å². The summed E-state index contributed by atoms with van der Waals surface area (Å²) in [6, 6.07) is 6.06. The second kappa shape index (κ2) is 5.41. The summed E-state index contributed by atoms with van der Waals surface area (Å²) in [6.45, 7) is 0. The normalized spacial score (nSPS) is 11.6. The van der Waals surface area contributed by atoms with Gasteiger partial charge < -0.3 is 20.3 Å². The molecule has 0 spiro atoms. The van der Waals surface area contributed by atoms with Gasteiger partial charge in [-0.2, -0.15) is 0 Å². The van der Waals surface area contributed by atoms with E-state index in [-0.39, 0.29) is 16.1 Å². The van der Waals surface area contributed by atoms with Crippen LogP contribution in [0.1, 0.15) is 10.4 Å². The fraction of sp³-hybridized carbons (Fsp3) is 0.100. The van der Waals surface area contributed by atoms with E-state index in [2.05, 4.69) is 26.0 Å². The number of ether oxygens (including phenoxy) is 1. The Balaban J connectivity index is 2.80. The average Bonchev–Trinajstić information content (AvgIpc) is 2.28. The topological polar surface area (TPSA) is 78.8 Å². The zero-order valence-corrected chi connectivity index (χ0v) is 9.98. The van der Waals surface area contributed by atoms with Gasteiger partial charge in [0.1, 0.15) is 0 Å². The highest BCUT2D eigenvalue weighted by atomic mass is 79.9. The van der Waals surface area contributed by atoms with Crippen molar-refractivity contribution in [2.24, 2.45) is 0 Å². The molecule has 1 rings (SSSR count). The Bertz CT molecular complexity index is 413. The number of anilines is 1. The number of carboxylic acid groups (broad SMARTS) is 1. The number of carbonyl (C=O) groups is 1. The van der Waals surface area contributed by atoms with Crippen molar-refractivity contribution in [2.45, 2.75) is 0 Å². The molecule has 0 saturated heterocycles. The third-order valence-corrected chi connectivity index (χ3v) is 2.30. The molecule has 16 heavy (non-hydrogen) atoms. The molecule has 0 amide bonds. The van der Waals surface area contributed by atoms with Crippen molar-refractivity contribution >= 4 is 27.6 Å². The Morgan fingerprint density at radius 1 is 1.31 bits per heavy atom. The lowest BCUT2D eigenvalue weighted by Crippen LogP contribution is -2.00. The van der Waals surface area contributed by atoms with E-state index in [0.717, 1.165) is 0 Å². The van der Waals surface area contributed by atoms with Gasteiger partial charge in [-0.3, -0.25) is 0 Å². The van der Waals surface area contributed by atoms with Crippen LogP contribution in [0.2, 0.25) is 0 Å². The smallest absolute Gasteiger partial charge is 0.335 e. The number of benzene rings is 1. The van der Waals surface area contributed by atoms with E-state index in [0.29, 0.717) is 5.69 Å². The highest BCUT2D eigenvalue weighted by Crippen LogP contribution is 2.17. The Hall–Kier alpha value is -1.69. The lowest BCUT2D eigenvalue weighted by molar-refractivity contribution is 0.0697. The number of nitrogens with one attached hydrogen (secondary N) is 1. The van der Waals surface area contributed by atoms with Crippen molar-refractivity contribution in [3.05, 3.63) is 40.4 Å². The third-order valence-electron chi connectivity index (χ3n) is 1.77. The van der Waals surface area contributed by atoms with E-state index in [1.165, 1.54) is 19.2 Å². The molecule has 0 saturated carbocycles. The maximum Gasteiger partial charge on any atom is 0.335 e. The van der Waals surface area contributed by atoms with Crippen LogP contribution in [0.25, 0.3) is 0 Å².